The van der Waals surface area contributed by atoms with E-state index in [0.29, 0.717) is 11.8 Å². The molecule has 0 aromatic heterocycles. The fourth-order valence-corrected chi connectivity index (χ4v) is 2.92. The van der Waals surface area contributed by atoms with Crippen molar-refractivity contribution < 1.29 is 0 Å². The van der Waals surface area contributed by atoms with E-state index in [-0.39, 0.29) is 0 Å². The Morgan fingerprint density at radius 1 is 1.16 bits per heavy atom. The number of benzene rings is 1. The van der Waals surface area contributed by atoms with E-state index < -0.39 is 0 Å². The third-order valence-corrected chi connectivity index (χ3v) is 4.21. The maximum Gasteiger partial charge on any atom is 0.00227 e. The van der Waals surface area contributed by atoms with Gasteiger partial charge in [0.2, 0.25) is 0 Å². The van der Waals surface area contributed by atoms with Gasteiger partial charge in [0, 0.05) is 6.54 Å². The summed E-state index contributed by atoms with van der Waals surface area (Å²) < 4.78 is 0. The van der Waals surface area contributed by atoms with Gasteiger partial charge < -0.3 is 5.32 Å². The van der Waals surface area contributed by atoms with E-state index >= 15 is 0 Å². The number of rotatable bonds is 6. The lowest BCUT2D eigenvalue weighted by Crippen LogP contribution is -2.29. The van der Waals surface area contributed by atoms with E-state index in [1.54, 1.807) is 0 Å². The molecule has 0 bridgehead atoms. The molecular formula is C18H27N. The van der Waals surface area contributed by atoms with Gasteiger partial charge in [-0.2, -0.15) is 0 Å². The zero-order valence-corrected chi connectivity index (χ0v) is 12.3. The van der Waals surface area contributed by atoms with Crippen molar-refractivity contribution in [2.75, 3.05) is 13.1 Å². The molecule has 0 aliphatic heterocycles. The fourth-order valence-electron chi connectivity index (χ4n) is 2.92. The SMILES string of the molecule is CC(C)C(CNCC1CC=CCC1)c1ccccc1. The predicted molar refractivity (Wildman–Crippen MR) is 83.4 cm³/mol. The Balaban J connectivity index is 1.82. The summed E-state index contributed by atoms with van der Waals surface area (Å²) in [6.45, 7) is 6.91. The van der Waals surface area contributed by atoms with Gasteiger partial charge in [-0.3, -0.25) is 0 Å². The Hall–Kier alpha value is -1.08. The average molecular weight is 257 g/mol. The minimum atomic E-state index is 0.625. The van der Waals surface area contributed by atoms with Crippen molar-refractivity contribution in [2.45, 2.75) is 39.0 Å². The summed E-state index contributed by atoms with van der Waals surface area (Å²) in [6.07, 6.45) is 8.52. The molecule has 0 saturated carbocycles. The second-order valence-corrected chi connectivity index (χ2v) is 6.07. The Morgan fingerprint density at radius 2 is 1.95 bits per heavy atom. The standard InChI is InChI=1S/C18H27N/c1-15(2)18(17-11-7-4-8-12-17)14-19-13-16-9-5-3-6-10-16/h3-5,7-8,11-12,15-16,18-19H,6,9-10,13-14H2,1-2H3. The number of hydrogen-bond acceptors (Lipinski definition) is 1. The van der Waals surface area contributed by atoms with Crippen molar-refractivity contribution in [1.29, 1.82) is 0 Å². The van der Waals surface area contributed by atoms with Gasteiger partial charge in [-0.25, -0.2) is 0 Å². The predicted octanol–water partition coefficient (Wildman–Crippen LogP) is 4.37. The van der Waals surface area contributed by atoms with Crippen LogP contribution in [0.5, 0.6) is 0 Å². The van der Waals surface area contributed by atoms with E-state index in [2.05, 4.69) is 61.6 Å². The van der Waals surface area contributed by atoms with Crippen LogP contribution < -0.4 is 5.32 Å². The van der Waals surface area contributed by atoms with E-state index in [9.17, 15) is 0 Å². The molecule has 1 aliphatic rings. The molecule has 1 nitrogen and oxygen atoms in total. The largest absolute Gasteiger partial charge is 0.316 e. The highest BCUT2D eigenvalue weighted by molar-refractivity contribution is 5.20. The van der Waals surface area contributed by atoms with Gasteiger partial charge in [0.05, 0.1) is 0 Å². The molecule has 1 N–H and O–H groups in total. The van der Waals surface area contributed by atoms with Gasteiger partial charge in [0.1, 0.15) is 0 Å². The molecule has 1 heteroatoms. The molecule has 1 aromatic rings. The molecule has 104 valence electrons. The fraction of sp³-hybridized carbons (Fsp3) is 0.556. The van der Waals surface area contributed by atoms with Crippen LogP contribution in [0.25, 0.3) is 0 Å². The van der Waals surface area contributed by atoms with Crippen molar-refractivity contribution in [3.63, 3.8) is 0 Å². The number of hydrogen-bond donors (Lipinski definition) is 1. The van der Waals surface area contributed by atoms with Crippen LogP contribution in [0, 0.1) is 11.8 Å². The minimum absolute atomic E-state index is 0.625. The van der Waals surface area contributed by atoms with Crippen molar-refractivity contribution in [3.05, 3.63) is 48.0 Å². The van der Waals surface area contributed by atoms with Crippen molar-refractivity contribution in [2.24, 2.45) is 11.8 Å². The Morgan fingerprint density at radius 3 is 2.58 bits per heavy atom. The van der Waals surface area contributed by atoms with E-state index in [1.807, 2.05) is 0 Å². The van der Waals surface area contributed by atoms with Crippen LogP contribution in [0.2, 0.25) is 0 Å². The molecule has 0 radical (unpaired) electrons. The first-order valence-electron chi connectivity index (χ1n) is 7.68. The molecule has 1 aromatic carbocycles. The average Bonchev–Trinajstić information content (AvgIpc) is 2.45. The molecule has 0 saturated heterocycles. The molecule has 2 rings (SSSR count). The molecule has 19 heavy (non-hydrogen) atoms. The Bertz CT molecular complexity index is 380. The molecule has 2 unspecified atom stereocenters. The van der Waals surface area contributed by atoms with Gasteiger partial charge >= 0.3 is 0 Å². The quantitative estimate of drug-likeness (QED) is 0.746. The topological polar surface area (TPSA) is 12.0 Å². The highest BCUT2D eigenvalue weighted by atomic mass is 14.9. The summed E-state index contributed by atoms with van der Waals surface area (Å²) in [4.78, 5) is 0. The summed E-state index contributed by atoms with van der Waals surface area (Å²) in [5, 5.41) is 3.70. The van der Waals surface area contributed by atoms with Gasteiger partial charge in [0.25, 0.3) is 0 Å². The Kier molecular flexibility index (Phi) is 5.65. The van der Waals surface area contributed by atoms with Crippen LogP contribution in [0.15, 0.2) is 42.5 Å². The van der Waals surface area contributed by atoms with Crippen LogP contribution in [0.3, 0.4) is 0 Å². The molecule has 2 atom stereocenters. The number of nitrogens with one attached hydrogen (secondary N) is 1. The summed E-state index contributed by atoms with van der Waals surface area (Å²) in [7, 11) is 0. The molecular weight excluding hydrogens is 230 g/mol. The lowest BCUT2D eigenvalue weighted by atomic mass is 9.88. The van der Waals surface area contributed by atoms with Crippen LogP contribution in [0.4, 0.5) is 0 Å². The van der Waals surface area contributed by atoms with Crippen LogP contribution in [-0.2, 0) is 0 Å². The zero-order valence-electron chi connectivity index (χ0n) is 12.3. The van der Waals surface area contributed by atoms with E-state index in [0.717, 1.165) is 12.5 Å². The van der Waals surface area contributed by atoms with Crippen molar-refractivity contribution in [3.8, 4) is 0 Å². The smallest absolute Gasteiger partial charge is 0.00227 e. The normalized spacial score (nSPS) is 20.7. The van der Waals surface area contributed by atoms with Crippen molar-refractivity contribution >= 4 is 0 Å². The zero-order chi connectivity index (χ0) is 13.5. The first-order chi connectivity index (χ1) is 9.27. The third kappa shape index (κ3) is 4.50. The van der Waals surface area contributed by atoms with Crippen LogP contribution in [-0.4, -0.2) is 13.1 Å². The monoisotopic (exact) mass is 257 g/mol. The van der Waals surface area contributed by atoms with Crippen LogP contribution in [0.1, 0.15) is 44.6 Å². The van der Waals surface area contributed by atoms with Gasteiger partial charge in [-0.15, -0.1) is 0 Å². The van der Waals surface area contributed by atoms with E-state index in [1.165, 1.54) is 31.4 Å². The third-order valence-electron chi connectivity index (χ3n) is 4.21. The van der Waals surface area contributed by atoms with Gasteiger partial charge in [-0.05, 0) is 49.1 Å². The second kappa shape index (κ2) is 7.49. The first kappa shape index (κ1) is 14.3. The summed E-state index contributed by atoms with van der Waals surface area (Å²) in [5.41, 5.74) is 1.47. The number of allylic oxidation sites excluding steroid dienone is 2. The molecule has 0 fully saturated rings. The minimum Gasteiger partial charge on any atom is -0.316 e. The lowest BCUT2D eigenvalue weighted by Gasteiger charge is -2.24. The molecule has 1 aliphatic carbocycles. The molecule has 0 spiro atoms. The summed E-state index contributed by atoms with van der Waals surface area (Å²) in [5.74, 6) is 2.15. The van der Waals surface area contributed by atoms with E-state index in [4.69, 9.17) is 0 Å². The summed E-state index contributed by atoms with van der Waals surface area (Å²) >= 11 is 0. The summed E-state index contributed by atoms with van der Waals surface area (Å²) in [6, 6.07) is 10.9. The highest BCUT2D eigenvalue weighted by Gasteiger charge is 2.16. The lowest BCUT2D eigenvalue weighted by molar-refractivity contribution is 0.403. The maximum atomic E-state index is 3.70. The first-order valence-corrected chi connectivity index (χ1v) is 7.68. The van der Waals surface area contributed by atoms with Gasteiger partial charge in [0.15, 0.2) is 0 Å². The molecule has 0 amide bonds. The van der Waals surface area contributed by atoms with Crippen LogP contribution >= 0.6 is 0 Å². The highest BCUT2D eigenvalue weighted by Crippen LogP contribution is 2.24. The second-order valence-electron chi connectivity index (χ2n) is 6.07. The van der Waals surface area contributed by atoms with Crippen molar-refractivity contribution in [1.82, 2.24) is 5.32 Å². The Labute approximate surface area is 118 Å². The molecule has 0 heterocycles. The van der Waals surface area contributed by atoms with Gasteiger partial charge in [-0.1, -0.05) is 56.3 Å². The maximum absolute atomic E-state index is 3.70.